The molecular formula is C15H24N2O3. The topological polar surface area (TPSA) is 72.3 Å². The summed E-state index contributed by atoms with van der Waals surface area (Å²) in [4.78, 5) is 20.1. The maximum atomic E-state index is 11.0. The van der Waals surface area contributed by atoms with Gasteiger partial charge in [0.15, 0.2) is 5.82 Å². The van der Waals surface area contributed by atoms with Gasteiger partial charge in [0.25, 0.3) is 0 Å². The van der Waals surface area contributed by atoms with E-state index in [2.05, 4.69) is 9.97 Å². The quantitative estimate of drug-likeness (QED) is 0.792. The average molecular weight is 280 g/mol. The first-order valence-electron chi connectivity index (χ1n) is 7.29. The predicted molar refractivity (Wildman–Crippen MR) is 76.8 cm³/mol. The van der Waals surface area contributed by atoms with E-state index in [9.17, 15) is 4.79 Å². The monoisotopic (exact) mass is 280 g/mol. The van der Waals surface area contributed by atoms with Crippen molar-refractivity contribution in [3.63, 3.8) is 0 Å². The van der Waals surface area contributed by atoms with Crippen LogP contribution >= 0.6 is 0 Å². The Morgan fingerprint density at radius 3 is 2.05 bits per heavy atom. The van der Waals surface area contributed by atoms with Crippen LogP contribution in [0.1, 0.15) is 63.0 Å². The summed E-state index contributed by atoms with van der Waals surface area (Å²) in [7, 11) is 0. The summed E-state index contributed by atoms with van der Waals surface area (Å²) >= 11 is 0. The number of carboxylic acids is 1. The molecular weight excluding hydrogens is 256 g/mol. The Kier molecular flexibility index (Phi) is 6.58. The molecule has 0 fully saturated rings. The van der Waals surface area contributed by atoms with Gasteiger partial charge in [-0.15, -0.1) is 0 Å². The van der Waals surface area contributed by atoms with Gasteiger partial charge in [0.2, 0.25) is 0 Å². The fourth-order valence-corrected chi connectivity index (χ4v) is 2.26. The van der Waals surface area contributed by atoms with Crippen LogP contribution in [0.4, 0.5) is 0 Å². The molecule has 0 spiro atoms. The Morgan fingerprint density at radius 2 is 1.70 bits per heavy atom. The van der Waals surface area contributed by atoms with Crippen LogP contribution in [0.25, 0.3) is 0 Å². The van der Waals surface area contributed by atoms with Crippen molar-refractivity contribution in [1.29, 1.82) is 0 Å². The number of hydrogen-bond acceptors (Lipinski definition) is 4. The molecule has 0 aliphatic rings. The Balaban J connectivity index is 3.27. The first-order chi connectivity index (χ1) is 9.57. The second-order valence-electron chi connectivity index (χ2n) is 4.58. The zero-order valence-corrected chi connectivity index (χ0v) is 12.8. The Morgan fingerprint density at radius 1 is 1.15 bits per heavy atom. The standard InChI is InChI=1S/C15H24N2O3/c1-5-11-10(9-14(18)19)12(6-2)17-15(16-11)13(7-3)20-8-4/h13H,5-9H2,1-4H3,(H,18,19). The minimum atomic E-state index is -0.845. The first-order valence-corrected chi connectivity index (χ1v) is 7.29. The van der Waals surface area contributed by atoms with Crippen molar-refractivity contribution in [3.8, 4) is 0 Å². The maximum Gasteiger partial charge on any atom is 0.307 e. The van der Waals surface area contributed by atoms with Gasteiger partial charge in [0, 0.05) is 23.6 Å². The highest BCUT2D eigenvalue weighted by atomic mass is 16.5. The number of carbonyl (C=O) groups is 1. The Labute approximate surface area is 120 Å². The number of aliphatic carboxylic acids is 1. The molecule has 0 aliphatic heterocycles. The number of aryl methyl sites for hydroxylation is 2. The lowest BCUT2D eigenvalue weighted by Gasteiger charge is -2.18. The predicted octanol–water partition coefficient (Wildman–Crippen LogP) is 2.72. The molecule has 0 bridgehead atoms. The number of nitrogens with zero attached hydrogens (tertiary/aromatic N) is 2. The van der Waals surface area contributed by atoms with E-state index in [1.54, 1.807) is 0 Å². The van der Waals surface area contributed by atoms with E-state index in [-0.39, 0.29) is 12.5 Å². The minimum absolute atomic E-state index is 0.0158. The number of ether oxygens (including phenoxy) is 1. The van der Waals surface area contributed by atoms with Crippen molar-refractivity contribution in [2.45, 2.75) is 59.5 Å². The van der Waals surface area contributed by atoms with E-state index in [0.717, 1.165) is 23.4 Å². The van der Waals surface area contributed by atoms with Gasteiger partial charge in [0.05, 0.1) is 6.42 Å². The normalized spacial score (nSPS) is 12.4. The summed E-state index contributed by atoms with van der Waals surface area (Å²) in [5.74, 6) is -0.167. The van der Waals surface area contributed by atoms with E-state index in [1.807, 2.05) is 27.7 Å². The summed E-state index contributed by atoms with van der Waals surface area (Å²) in [6, 6.07) is 0. The third-order valence-corrected chi connectivity index (χ3v) is 3.22. The fourth-order valence-electron chi connectivity index (χ4n) is 2.26. The van der Waals surface area contributed by atoms with Gasteiger partial charge in [-0.1, -0.05) is 20.8 Å². The van der Waals surface area contributed by atoms with Crippen molar-refractivity contribution < 1.29 is 14.6 Å². The lowest BCUT2D eigenvalue weighted by molar-refractivity contribution is -0.136. The van der Waals surface area contributed by atoms with E-state index in [4.69, 9.17) is 9.84 Å². The van der Waals surface area contributed by atoms with Crippen LogP contribution in [0.5, 0.6) is 0 Å². The Bertz CT molecular complexity index is 435. The van der Waals surface area contributed by atoms with Crippen LogP contribution < -0.4 is 0 Å². The van der Waals surface area contributed by atoms with Gasteiger partial charge in [-0.2, -0.15) is 0 Å². The first kappa shape index (κ1) is 16.6. The number of aromatic nitrogens is 2. The molecule has 1 rings (SSSR count). The SMILES string of the molecule is CCOC(CC)c1nc(CC)c(CC(=O)O)c(CC)n1. The third-order valence-electron chi connectivity index (χ3n) is 3.22. The Hall–Kier alpha value is -1.49. The maximum absolute atomic E-state index is 11.0. The molecule has 1 atom stereocenters. The largest absolute Gasteiger partial charge is 0.481 e. The van der Waals surface area contributed by atoms with Crippen LogP contribution in [-0.4, -0.2) is 27.7 Å². The molecule has 0 aliphatic carbocycles. The van der Waals surface area contributed by atoms with E-state index in [0.29, 0.717) is 25.3 Å². The summed E-state index contributed by atoms with van der Waals surface area (Å²) in [5, 5.41) is 9.04. The molecule has 1 N–H and O–H groups in total. The van der Waals surface area contributed by atoms with Crippen LogP contribution in [0.2, 0.25) is 0 Å². The second-order valence-corrected chi connectivity index (χ2v) is 4.58. The minimum Gasteiger partial charge on any atom is -0.481 e. The fraction of sp³-hybridized carbons (Fsp3) is 0.667. The van der Waals surface area contributed by atoms with Crippen molar-refractivity contribution in [2.75, 3.05) is 6.61 Å². The highest BCUT2D eigenvalue weighted by Gasteiger charge is 2.19. The molecule has 1 unspecified atom stereocenters. The molecule has 5 heteroatoms. The zero-order valence-electron chi connectivity index (χ0n) is 12.8. The zero-order chi connectivity index (χ0) is 15.1. The highest BCUT2D eigenvalue weighted by Crippen LogP contribution is 2.22. The molecule has 0 amide bonds. The van der Waals surface area contributed by atoms with E-state index in [1.165, 1.54) is 0 Å². The van der Waals surface area contributed by atoms with Crippen LogP contribution in [0.3, 0.4) is 0 Å². The third kappa shape index (κ3) is 4.00. The molecule has 1 aromatic rings. The molecule has 0 saturated carbocycles. The van der Waals surface area contributed by atoms with Gasteiger partial charge in [-0.05, 0) is 26.2 Å². The number of rotatable bonds is 8. The molecule has 1 heterocycles. The van der Waals surface area contributed by atoms with Gasteiger partial charge >= 0.3 is 5.97 Å². The van der Waals surface area contributed by atoms with E-state index < -0.39 is 5.97 Å². The lowest BCUT2D eigenvalue weighted by atomic mass is 10.0. The van der Waals surface area contributed by atoms with Crippen molar-refractivity contribution in [2.24, 2.45) is 0 Å². The van der Waals surface area contributed by atoms with Crippen LogP contribution in [-0.2, 0) is 28.8 Å². The van der Waals surface area contributed by atoms with Crippen LogP contribution in [0, 0.1) is 0 Å². The molecule has 0 saturated heterocycles. The molecule has 0 radical (unpaired) electrons. The second kappa shape index (κ2) is 7.94. The summed E-state index contributed by atoms with van der Waals surface area (Å²) in [6.07, 6.45) is 2.08. The van der Waals surface area contributed by atoms with Crippen LogP contribution in [0.15, 0.2) is 0 Å². The lowest BCUT2D eigenvalue weighted by Crippen LogP contribution is -2.16. The molecule has 112 valence electrons. The van der Waals surface area contributed by atoms with Crippen molar-refractivity contribution in [1.82, 2.24) is 9.97 Å². The number of carboxylic acid groups (broad SMARTS) is 1. The van der Waals surface area contributed by atoms with Crippen molar-refractivity contribution in [3.05, 3.63) is 22.8 Å². The summed E-state index contributed by atoms with van der Waals surface area (Å²) < 4.78 is 5.66. The van der Waals surface area contributed by atoms with Gasteiger partial charge in [0.1, 0.15) is 6.10 Å². The van der Waals surface area contributed by atoms with Gasteiger partial charge in [-0.25, -0.2) is 9.97 Å². The van der Waals surface area contributed by atoms with Gasteiger partial charge in [-0.3, -0.25) is 4.79 Å². The smallest absolute Gasteiger partial charge is 0.307 e. The van der Waals surface area contributed by atoms with Gasteiger partial charge < -0.3 is 9.84 Å². The summed E-state index contributed by atoms with van der Waals surface area (Å²) in [5.41, 5.74) is 2.41. The summed E-state index contributed by atoms with van der Waals surface area (Å²) in [6.45, 7) is 8.56. The molecule has 0 aromatic carbocycles. The number of hydrogen-bond donors (Lipinski definition) is 1. The molecule has 1 aromatic heterocycles. The molecule has 20 heavy (non-hydrogen) atoms. The van der Waals surface area contributed by atoms with Crippen molar-refractivity contribution >= 4 is 5.97 Å². The molecule has 5 nitrogen and oxygen atoms in total. The van der Waals surface area contributed by atoms with E-state index >= 15 is 0 Å². The highest BCUT2D eigenvalue weighted by molar-refractivity contribution is 5.71. The average Bonchev–Trinajstić information content (AvgIpc) is 2.44.